The fourth-order valence-electron chi connectivity index (χ4n) is 2.00. The second kappa shape index (κ2) is 9.16. The number of hydrogen-bond acceptors (Lipinski definition) is 7. The van der Waals surface area contributed by atoms with Crippen LogP contribution >= 0.6 is 0 Å². The molecule has 1 N–H and O–H groups in total. The number of nitrogens with one attached hydrogen (secondary N) is 1. The van der Waals surface area contributed by atoms with Crippen LogP contribution < -0.4 is 10.1 Å². The number of pyridine rings is 1. The molecule has 1 aromatic carbocycles. The Morgan fingerprint density at radius 1 is 1.00 bits per heavy atom. The molecule has 136 valence electrons. The smallest absolute Gasteiger partial charge is 0.340 e. The van der Waals surface area contributed by atoms with Gasteiger partial charge in [-0.2, -0.15) is 0 Å². The lowest BCUT2D eigenvalue weighted by Gasteiger charge is -2.14. The van der Waals surface area contributed by atoms with Crippen LogP contribution in [0.4, 0.5) is 0 Å². The van der Waals surface area contributed by atoms with Crippen molar-refractivity contribution in [3.63, 3.8) is 0 Å². The van der Waals surface area contributed by atoms with Crippen molar-refractivity contribution in [3.8, 4) is 5.75 Å². The van der Waals surface area contributed by atoms with Gasteiger partial charge in [0.05, 0.1) is 20.4 Å². The standard InChI is InChI=1S/C18H18N2O6/c1-24-17(22)15(18(23)25-2)20-16(21)14-9-8-13(10-19-14)26-11-12-6-4-3-5-7-12/h3-10,15H,11H2,1-2H3,(H,20,21). The van der Waals surface area contributed by atoms with Gasteiger partial charge < -0.3 is 19.5 Å². The molecule has 0 aliphatic heterocycles. The number of ether oxygens (including phenoxy) is 3. The fourth-order valence-corrected chi connectivity index (χ4v) is 2.00. The summed E-state index contributed by atoms with van der Waals surface area (Å²) in [5.41, 5.74) is 1.00. The van der Waals surface area contributed by atoms with Crippen LogP contribution in [0.25, 0.3) is 0 Å². The summed E-state index contributed by atoms with van der Waals surface area (Å²) in [5.74, 6) is -2.12. The minimum atomic E-state index is -1.56. The van der Waals surface area contributed by atoms with E-state index in [1.54, 1.807) is 6.07 Å². The van der Waals surface area contributed by atoms with E-state index in [0.717, 1.165) is 19.8 Å². The van der Waals surface area contributed by atoms with Crippen molar-refractivity contribution >= 4 is 17.8 Å². The maximum absolute atomic E-state index is 12.2. The van der Waals surface area contributed by atoms with E-state index in [4.69, 9.17) is 4.74 Å². The third-order valence-corrected chi connectivity index (χ3v) is 3.37. The Morgan fingerprint density at radius 3 is 2.19 bits per heavy atom. The van der Waals surface area contributed by atoms with Gasteiger partial charge in [-0.1, -0.05) is 30.3 Å². The first-order valence-corrected chi connectivity index (χ1v) is 7.64. The van der Waals surface area contributed by atoms with Crippen molar-refractivity contribution in [2.45, 2.75) is 12.6 Å². The molecule has 0 fully saturated rings. The number of benzene rings is 1. The number of esters is 2. The third kappa shape index (κ3) is 5.04. The SMILES string of the molecule is COC(=O)C(NC(=O)c1ccc(OCc2ccccc2)cn1)C(=O)OC. The molecular weight excluding hydrogens is 340 g/mol. The van der Waals surface area contributed by atoms with Crippen molar-refractivity contribution < 1.29 is 28.6 Å². The molecule has 8 heteroatoms. The summed E-state index contributed by atoms with van der Waals surface area (Å²) in [4.78, 5) is 39.3. The second-order valence-electron chi connectivity index (χ2n) is 5.11. The van der Waals surface area contributed by atoms with Gasteiger partial charge in [-0.3, -0.25) is 4.79 Å². The van der Waals surface area contributed by atoms with Gasteiger partial charge in [-0.05, 0) is 17.7 Å². The number of nitrogens with zero attached hydrogens (tertiary/aromatic N) is 1. The van der Waals surface area contributed by atoms with E-state index in [2.05, 4.69) is 19.8 Å². The average molecular weight is 358 g/mol. The van der Waals surface area contributed by atoms with Crippen LogP contribution in [0.2, 0.25) is 0 Å². The highest BCUT2D eigenvalue weighted by Crippen LogP contribution is 2.12. The van der Waals surface area contributed by atoms with Crippen molar-refractivity contribution in [2.75, 3.05) is 14.2 Å². The van der Waals surface area contributed by atoms with E-state index < -0.39 is 23.9 Å². The molecule has 0 bridgehead atoms. The second-order valence-corrected chi connectivity index (χ2v) is 5.11. The van der Waals surface area contributed by atoms with Gasteiger partial charge in [0.15, 0.2) is 0 Å². The number of methoxy groups -OCH3 is 2. The topological polar surface area (TPSA) is 104 Å². The van der Waals surface area contributed by atoms with Gasteiger partial charge in [0.1, 0.15) is 18.1 Å². The molecule has 0 spiro atoms. The first kappa shape index (κ1) is 18.9. The van der Waals surface area contributed by atoms with Crippen molar-refractivity contribution in [3.05, 3.63) is 59.9 Å². The number of aromatic nitrogens is 1. The van der Waals surface area contributed by atoms with Crippen molar-refractivity contribution in [1.29, 1.82) is 0 Å². The zero-order chi connectivity index (χ0) is 18.9. The Balaban J connectivity index is 1.99. The Hall–Kier alpha value is -3.42. The Labute approximate surface area is 150 Å². The monoisotopic (exact) mass is 358 g/mol. The zero-order valence-electron chi connectivity index (χ0n) is 14.3. The van der Waals surface area contributed by atoms with Crippen LogP contribution in [0.1, 0.15) is 16.1 Å². The number of hydrogen-bond donors (Lipinski definition) is 1. The molecule has 1 heterocycles. The fraction of sp³-hybridized carbons (Fsp3) is 0.222. The van der Waals surface area contributed by atoms with Crippen LogP contribution in [0.15, 0.2) is 48.7 Å². The van der Waals surface area contributed by atoms with E-state index in [-0.39, 0.29) is 5.69 Å². The highest BCUT2D eigenvalue weighted by atomic mass is 16.5. The molecule has 0 radical (unpaired) electrons. The first-order valence-electron chi connectivity index (χ1n) is 7.64. The zero-order valence-corrected chi connectivity index (χ0v) is 14.3. The van der Waals surface area contributed by atoms with Gasteiger partial charge in [-0.15, -0.1) is 0 Å². The maximum atomic E-state index is 12.2. The highest BCUT2D eigenvalue weighted by molar-refractivity contribution is 6.05. The van der Waals surface area contributed by atoms with Gasteiger partial charge >= 0.3 is 11.9 Å². The number of carbonyl (C=O) groups is 3. The lowest BCUT2D eigenvalue weighted by molar-refractivity contribution is -0.154. The van der Waals surface area contributed by atoms with E-state index in [1.807, 2.05) is 30.3 Å². The van der Waals surface area contributed by atoms with Gasteiger partial charge in [0.2, 0.25) is 6.04 Å². The van der Waals surface area contributed by atoms with Gasteiger partial charge in [0.25, 0.3) is 5.91 Å². The Bertz CT molecular complexity index is 745. The quantitative estimate of drug-likeness (QED) is 0.584. The molecule has 0 saturated carbocycles. The maximum Gasteiger partial charge on any atom is 0.340 e. The molecule has 0 atom stereocenters. The third-order valence-electron chi connectivity index (χ3n) is 3.37. The Kier molecular flexibility index (Phi) is 6.67. The molecule has 0 unspecified atom stereocenters. The lowest BCUT2D eigenvalue weighted by Crippen LogP contribution is -2.47. The number of rotatable bonds is 7. The van der Waals surface area contributed by atoms with E-state index in [0.29, 0.717) is 12.4 Å². The van der Waals surface area contributed by atoms with Crippen LogP contribution in [0.5, 0.6) is 5.75 Å². The Morgan fingerprint density at radius 2 is 1.65 bits per heavy atom. The summed E-state index contributed by atoms with van der Waals surface area (Å²) in [6, 6.07) is 11.0. The summed E-state index contributed by atoms with van der Waals surface area (Å²) < 4.78 is 14.5. The van der Waals surface area contributed by atoms with Crippen molar-refractivity contribution in [2.24, 2.45) is 0 Å². The molecule has 0 saturated heterocycles. The lowest BCUT2D eigenvalue weighted by atomic mass is 10.2. The van der Waals surface area contributed by atoms with Crippen LogP contribution in [-0.4, -0.2) is 43.1 Å². The first-order chi connectivity index (χ1) is 12.5. The molecule has 8 nitrogen and oxygen atoms in total. The number of amides is 1. The minimum Gasteiger partial charge on any atom is -0.487 e. The van der Waals surface area contributed by atoms with Crippen LogP contribution in [0, 0.1) is 0 Å². The largest absolute Gasteiger partial charge is 0.487 e. The minimum absolute atomic E-state index is 0.00914. The summed E-state index contributed by atoms with van der Waals surface area (Å²) in [6.45, 7) is 0.362. The molecule has 2 aromatic rings. The number of carbonyl (C=O) groups excluding carboxylic acids is 3. The average Bonchev–Trinajstić information content (AvgIpc) is 2.70. The summed E-state index contributed by atoms with van der Waals surface area (Å²) in [7, 11) is 2.20. The molecule has 0 aliphatic carbocycles. The highest BCUT2D eigenvalue weighted by Gasteiger charge is 2.31. The molecule has 26 heavy (non-hydrogen) atoms. The van der Waals surface area contributed by atoms with Crippen LogP contribution in [-0.2, 0) is 25.7 Å². The molecule has 0 aliphatic rings. The summed E-state index contributed by atoms with van der Waals surface area (Å²) in [5, 5.41) is 2.22. The van der Waals surface area contributed by atoms with Crippen LogP contribution in [0.3, 0.4) is 0 Å². The predicted octanol–water partition coefficient (Wildman–Crippen LogP) is 1.10. The van der Waals surface area contributed by atoms with E-state index in [9.17, 15) is 14.4 Å². The molecule has 2 rings (SSSR count). The predicted molar refractivity (Wildman–Crippen MR) is 90.3 cm³/mol. The van der Waals surface area contributed by atoms with E-state index in [1.165, 1.54) is 12.3 Å². The summed E-state index contributed by atoms with van der Waals surface area (Å²) in [6.07, 6.45) is 1.38. The molecular formula is C18H18N2O6. The molecule has 1 amide bonds. The molecule has 1 aromatic heterocycles. The summed E-state index contributed by atoms with van der Waals surface area (Å²) >= 11 is 0. The van der Waals surface area contributed by atoms with Gasteiger partial charge in [0, 0.05) is 0 Å². The normalized spacial score (nSPS) is 10.1. The van der Waals surface area contributed by atoms with Gasteiger partial charge in [-0.25, -0.2) is 14.6 Å². The van der Waals surface area contributed by atoms with Crippen molar-refractivity contribution in [1.82, 2.24) is 10.3 Å². The van der Waals surface area contributed by atoms with E-state index >= 15 is 0 Å².